The number of aliphatic hydroxyl groups excluding tert-OH is 11. The lowest BCUT2D eigenvalue weighted by atomic mass is 9.91. The highest BCUT2D eigenvalue weighted by Crippen LogP contribution is 2.27. The SMILES string of the molecule is OC[C@@H](O)[C@@H](O)[C@H](O)[C@@H]1OC(ON2C=NCN(OC3O[C@H](CO)[C@@H](O)[C@H](O)[C@H]3O)C2)[C@@H](O)[C@H](O)[C@@H]1O. The molecule has 36 heavy (non-hydrogen) atoms. The summed E-state index contributed by atoms with van der Waals surface area (Å²) in [4.78, 5) is 14.8. The normalized spacial score (nSPS) is 42.8. The molecule has 3 aliphatic rings. The molecule has 0 bridgehead atoms. The van der Waals surface area contributed by atoms with Crippen molar-refractivity contribution in [2.24, 2.45) is 4.99 Å². The Hall–Kier alpha value is -1.17. The molecule has 0 amide bonds. The maximum absolute atomic E-state index is 10.3. The summed E-state index contributed by atoms with van der Waals surface area (Å²) in [6.07, 6.45) is -21.5. The number of rotatable bonds is 9. The van der Waals surface area contributed by atoms with Crippen molar-refractivity contribution in [3.05, 3.63) is 0 Å². The number of hydrogen-bond donors (Lipinski definition) is 11. The smallest absolute Gasteiger partial charge is 0.213 e. The number of ether oxygens (including phenoxy) is 2. The quantitative estimate of drug-likeness (QED) is 0.132. The molecule has 0 radical (unpaired) electrons. The summed E-state index contributed by atoms with van der Waals surface area (Å²) in [5.41, 5.74) is 0. The van der Waals surface area contributed by atoms with Crippen LogP contribution in [0.5, 0.6) is 0 Å². The second-order valence-corrected chi connectivity index (χ2v) is 8.56. The van der Waals surface area contributed by atoms with Gasteiger partial charge in [-0.05, 0) is 0 Å². The minimum Gasteiger partial charge on any atom is -0.394 e. The average Bonchev–Trinajstić information content (AvgIpc) is 2.88. The first kappa shape index (κ1) is 29.4. The van der Waals surface area contributed by atoms with Crippen molar-refractivity contribution >= 4 is 6.34 Å². The number of aliphatic hydroxyl groups is 11. The van der Waals surface area contributed by atoms with Crippen LogP contribution in [0.1, 0.15) is 0 Å². The lowest BCUT2D eigenvalue weighted by molar-refractivity contribution is -0.393. The van der Waals surface area contributed by atoms with Crippen molar-refractivity contribution in [2.45, 2.75) is 79.7 Å². The molecule has 3 heterocycles. The van der Waals surface area contributed by atoms with E-state index in [1.54, 1.807) is 0 Å². The standard InChI is InChI=1S/C18H33N3O15/c22-1-6(24)8(25)12(29)16-13(30)11(28)15(32)18(34-16)36-21-4-19-3-20(5-21)35-17-14(31)10(27)9(26)7(2-23)33-17/h4,6-18,22-32H,1-3,5H2/t6-,7-,8-,9-,10+,11-,12+,13+,14-,15+,16+,17?,18?/m1/s1. The Bertz CT molecular complexity index is 721. The zero-order chi connectivity index (χ0) is 26.7. The van der Waals surface area contributed by atoms with Crippen LogP contribution < -0.4 is 0 Å². The van der Waals surface area contributed by atoms with Gasteiger partial charge in [-0.25, -0.2) is 9.90 Å². The second-order valence-electron chi connectivity index (χ2n) is 8.56. The molecule has 18 heteroatoms. The van der Waals surface area contributed by atoms with Crippen LogP contribution in [0.4, 0.5) is 0 Å². The lowest BCUT2D eigenvalue weighted by Gasteiger charge is -2.44. The molecule has 3 aliphatic heterocycles. The summed E-state index contributed by atoms with van der Waals surface area (Å²) in [5, 5.41) is 110. The Morgan fingerprint density at radius 2 is 1.44 bits per heavy atom. The fourth-order valence-corrected chi connectivity index (χ4v) is 3.79. The van der Waals surface area contributed by atoms with Crippen LogP contribution in [0.3, 0.4) is 0 Å². The second kappa shape index (κ2) is 12.6. The molecule has 210 valence electrons. The van der Waals surface area contributed by atoms with Crippen LogP contribution in [-0.2, 0) is 19.1 Å². The monoisotopic (exact) mass is 531 g/mol. The summed E-state index contributed by atoms with van der Waals surface area (Å²) in [6, 6.07) is 0. The molecule has 2 saturated heterocycles. The van der Waals surface area contributed by atoms with Gasteiger partial charge in [0.1, 0.15) is 86.8 Å². The summed E-state index contributed by atoms with van der Waals surface area (Å²) >= 11 is 0. The number of hydrogen-bond acceptors (Lipinski definition) is 18. The van der Waals surface area contributed by atoms with Crippen molar-refractivity contribution in [2.75, 3.05) is 26.6 Å². The van der Waals surface area contributed by atoms with E-state index in [9.17, 15) is 51.1 Å². The summed E-state index contributed by atoms with van der Waals surface area (Å²) in [5.74, 6) is 0. The Morgan fingerprint density at radius 3 is 2.06 bits per heavy atom. The van der Waals surface area contributed by atoms with Gasteiger partial charge in [0.15, 0.2) is 0 Å². The van der Waals surface area contributed by atoms with E-state index < -0.39 is 92.9 Å². The zero-order valence-electron chi connectivity index (χ0n) is 18.8. The molecule has 0 aliphatic carbocycles. The highest BCUT2D eigenvalue weighted by atomic mass is 16.8. The largest absolute Gasteiger partial charge is 0.394 e. The molecular weight excluding hydrogens is 498 g/mol. The predicted molar refractivity (Wildman–Crippen MR) is 110 cm³/mol. The van der Waals surface area contributed by atoms with Crippen molar-refractivity contribution in [1.82, 2.24) is 10.1 Å². The Kier molecular flexibility index (Phi) is 10.3. The van der Waals surface area contributed by atoms with E-state index in [1.807, 2.05) is 0 Å². The Morgan fingerprint density at radius 1 is 0.833 bits per heavy atom. The van der Waals surface area contributed by atoms with E-state index in [0.29, 0.717) is 0 Å². The van der Waals surface area contributed by atoms with Crippen molar-refractivity contribution in [3.8, 4) is 0 Å². The first-order valence-electron chi connectivity index (χ1n) is 11.0. The van der Waals surface area contributed by atoms with Crippen LogP contribution in [0.2, 0.25) is 0 Å². The van der Waals surface area contributed by atoms with Crippen LogP contribution in [0, 0.1) is 0 Å². The van der Waals surface area contributed by atoms with Gasteiger partial charge in [0, 0.05) is 0 Å². The molecule has 0 saturated carbocycles. The molecule has 0 spiro atoms. The molecule has 2 fully saturated rings. The molecule has 0 aromatic carbocycles. The summed E-state index contributed by atoms with van der Waals surface area (Å²) in [7, 11) is 0. The van der Waals surface area contributed by atoms with Crippen LogP contribution >= 0.6 is 0 Å². The topological polar surface area (TPSA) is 278 Å². The fraction of sp³-hybridized carbons (Fsp3) is 0.944. The zero-order valence-corrected chi connectivity index (χ0v) is 18.8. The number of nitrogens with zero attached hydrogens (tertiary/aromatic N) is 3. The molecule has 11 N–H and O–H groups in total. The van der Waals surface area contributed by atoms with Gasteiger partial charge in [0.05, 0.1) is 13.2 Å². The van der Waals surface area contributed by atoms with Gasteiger partial charge in [-0.1, -0.05) is 0 Å². The highest BCUT2D eigenvalue weighted by molar-refractivity contribution is 5.53. The van der Waals surface area contributed by atoms with E-state index in [0.717, 1.165) is 16.5 Å². The minimum atomic E-state index is -2.00. The number of aliphatic imine (C=N–C) groups is 1. The molecule has 2 unspecified atom stereocenters. The van der Waals surface area contributed by atoms with E-state index >= 15 is 0 Å². The molecular formula is C18H33N3O15. The van der Waals surface area contributed by atoms with Gasteiger partial charge in [-0.2, -0.15) is 0 Å². The van der Waals surface area contributed by atoms with E-state index in [1.165, 1.54) is 0 Å². The van der Waals surface area contributed by atoms with Gasteiger partial charge >= 0.3 is 0 Å². The molecule has 0 aromatic heterocycles. The third kappa shape index (κ3) is 6.27. The van der Waals surface area contributed by atoms with Crippen LogP contribution in [0.25, 0.3) is 0 Å². The number of hydroxylamine groups is 4. The van der Waals surface area contributed by atoms with Gasteiger partial charge in [0.25, 0.3) is 0 Å². The Labute approximate surface area is 203 Å². The molecule has 18 nitrogen and oxygen atoms in total. The molecule has 3 rings (SSSR count). The van der Waals surface area contributed by atoms with Crippen molar-refractivity contribution in [1.29, 1.82) is 0 Å². The summed E-state index contributed by atoms with van der Waals surface area (Å²) in [6.45, 7) is -2.00. The van der Waals surface area contributed by atoms with Gasteiger partial charge in [0.2, 0.25) is 12.6 Å². The fourth-order valence-electron chi connectivity index (χ4n) is 3.79. The van der Waals surface area contributed by atoms with E-state index in [4.69, 9.17) is 24.3 Å². The third-order valence-corrected chi connectivity index (χ3v) is 5.96. The first-order chi connectivity index (χ1) is 17.0. The lowest BCUT2D eigenvalue weighted by Crippen LogP contribution is -2.64. The first-order valence-corrected chi connectivity index (χ1v) is 11.0. The molecule has 13 atom stereocenters. The van der Waals surface area contributed by atoms with E-state index in [2.05, 4.69) is 4.99 Å². The van der Waals surface area contributed by atoms with Crippen molar-refractivity contribution in [3.63, 3.8) is 0 Å². The van der Waals surface area contributed by atoms with Gasteiger partial charge < -0.3 is 65.6 Å². The molecule has 0 aromatic rings. The van der Waals surface area contributed by atoms with Gasteiger partial charge in [-0.3, -0.25) is 9.83 Å². The minimum absolute atomic E-state index is 0.128. The Balaban J connectivity index is 1.62. The van der Waals surface area contributed by atoms with Crippen LogP contribution in [0.15, 0.2) is 4.99 Å². The van der Waals surface area contributed by atoms with Crippen LogP contribution in [-0.4, -0.2) is 179 Å². The predicted octanol–water partition coefficient (Wildman–Crippen LogP) is -7.91. The third-order valence-electron chi connectivity index (χ3n) is 5.96. The highest BCUT2D eigenvalue weighted by Gasteiger charge is 2.50. The summed E-state index contributed by atoms with van der Waals surface area (Å²) < 4.78 is 10.6. The van der Waals surface area contributed by atoms with Gasteiger partial charge in [-0.15, -0.1) is 5.06 Å². The van der Waals surface area contributed by atoms with E-state index in [-0.39, 0.29) is 13.3 Å². The average molecular weight is 531 g/mol. The maximum atomic E-state index is 10.3. The maximum Gasteiger partial charge on any atom is 0.213 e. The van der Waals surface area contributed by atoms with Crippen molar-refractivity contribution < 1.29 is 75.3 Å².